The summed E-state index contributed by atoms with van der Waals surface area (Å²) in [6.45, 7) is 0.689. The smallest absolute Gasteiger partial charge is 0.251 e. The van der Waals surface area contributed by atoms with E-state index >= 15 is 0 Å². The molecule has 1 aromatic carbocycles. The van der Waals surface area contributed by atoms with Gasteiger partial charge in [0.15, 0.2) is 0 Å². The van der Waals surface area contributed by atoms with Crippen molar-refractivity contribution in [2.45, 2.75) is 44.7 Å². The van der Waals surface area contributed by atoms with E-state index in [0.29, 0.717) is 36.1 Å². The summed E-state index contributed by atoms with van der Waals surface area (Å²) < 4.78 is 5.21. The lowest BCUT2D eigenvalue weighted by Gasteiger charge is -2.30. The van der Waals surface area contributed by atoms with Gasteiger partial charge in [0.1, 0.15) is 5.76 Å². The quantitative estimate of drug-likeness (QED) is 0.784. The molecule has 0 saturated heterocycles. The predicted octanol–water partition coefficient (Wildman–Crippen LogP) is 3.41. The number of hydrogen-bond donors (Lipinski definition) is 2. The summed E-state index contributed by atoms with van der Waals surface area (Å²) in [5.41, 5.74) is 1.13. The van der Waals surface area contributed by atoms with Crippen LogP contribution in [0.5, 0.6) is 0 Å². The number of amides is 2. The summed E-state index contributed by atoms with van der Waals surface area (Å²) >= 11 is 0. The van der Waals surface area contributed by atoms with Crippen molar-refractivity contribution >= 4 is 17.5 Å². The summed E-state index contributed by atoms with van der Waals surface area (Å²) in [5.74, 6) is 0.427. The van der Waals surface area contributed by atoms with E-state index < -0.39 is 0 Å². The Morgan fingerprint density at radius 2 is 1.96 bits per heavy atom. The molecule has 0 atom stereocenters. The highest BCUT2D eigenvalue weighted by atomic mass is 16.3. The Labute approximate surface area is 159 Å². The fraction of sp³-hybridized carbons (Fsp3) is 0.429. The zero-order chi connectivity index (χ0) is 19.1. The molecule has 1 heterocycles. The highest BCUT2D eigenvalue weighted by molar-refractivity contribution is 5.97. The normalized spacial score (nSPS) is 14.9. The third-order valence-corrected chi connectivity index (χ3v) is 5.00. The van der Waals surface area contributed by atoms with E-state index in [0.717, 1.165) is 12.8 Å². The van der Waals surface area contributed by atoms with Gasteiger partial charge in [-0.25, -0.2) is 0 Å². The Morgan fingerprint density at radius 3 is 2.70 bits per heavy atom. The molecule has 2 aromatic rings. The molecule has 3 rings (SSSR count). The number of hydrogen-bond acceptors (Lipinski definition) is 4. The highest BCUT2D eigenvalue weighted by Gasteiger charge is 2.20. The summed E-state index contributed by atoms with van der Waals surface area (Å²) in [5, 5.41) is 5.70. The molecular formula is C21H27N3O3. The SMILES string of the molecule is CN(CC(=O)Nc1cccc(C(=O)NCc2ccco2)c1)C1CCCCC1. The van der Waals surface area contributed by atoms with E-state index in [-0.39, 0.29) is 11.8 Å². The van der Waals surface area contributed by atoms with Crippen LogP contribution in [0.25, 0.3) is 0 Å². The molecular weight excluding hydrogens is 342 g/mol. The van der Waals surface area contributed by atoms with Crippen LogP contribution in [0, 0.1) is 0 Å². The number of carbonyl (C=O) groups is 2. The van der Waals surface area contributed by atoms with Crippen molar-refractivity contribution in [1.29, 1.82) is 0 Å². The first-order valence-electron chi connectivity index (χ1n) is 9.52. The zero-order valence-corrected chi connectivity index (χ0v) is 15.7. The maximum atomic E-state index is 12.4. The van der Waals surface area contributed by atoms with Crippen LogP contribution < -0.4 is 10.6 Å². The standard InChI is InChI=1S/C21H27N3O3/c1-24(18-9-3-2-4-10-18)15-20(25)23-17-8-5-7-16(13-17)21(26)22-14-19-11-6-12-27-19/h5-8,11-13,18H,2-4,9-10,14-15H2,1H3,(H,22,26)(H,23,25). The molecule has 0 aliphatic heterocycles. The van der Waals surface area contributed by atoms with Crippen LogP contribution >= 0.6 is 0 Å². The number of benzene rings is 1. The minimum atomic E-state index is -0.207. The topological polar surface area (TPSA) is 74.6 Å². The maximum absolute atomic E-state index is 12.4. The van der Waals surface area contributed by atoms with Crippen LogP contribution in [-0.2, 0) is 11.3 Å². The van der Waals surface area contributed by atoms with Crippen molar-refractivity contribution in [1.82, 2.24) is 10.2 Å². The van der Waals surface area contributed by atoms with Crippen molar-refractivity contribution in [3.63, 3.8) is 0 Å². The lowest BCUT2D eigenvalue weighted by molar-refractivity contribution is -0.117. The molecule has 1 aliphatic rings. The molecule has 27 heavy (non-hydrogen) atoms. The summed E-state index contributed by atoms with van der Waals surface area (Å²) in [6.07, 6.45) is 7.68. The molecule has 1 aliphatic carbocycles. The zero-order valence-electron chi connectivity index (χ0n) is 15.7. The minimum Gasteiger partial charge on any atom is -0.467 e. The van der Waals surface area contributed by atoms with E-state index in [9.17, 15) is 9.59 Å². The summed E-state index contributed by atoms with van der Waals surface area (Å²) in [7, 11) is 2.01. The average Bonchev–Trinajstić information content (AvgIpc) is 3.20. The molecule has 0 radical (unpaired) electrons. The Bertz CT molecular complexity index is 752. The van der Waals surface area contributed by atoms with Crippen molar-refractivity contribution in [3.8, 4) is 0 Å². The molecule has 2 N–H and O–H groups in total. The first kappa shape index (κ1) is 19.2. The van der Waals surface area contributed by atoms with Gasteiger partial charge in [0.2, 0.25) is 5.91 Å². The predicted molar refractivity (Wildman–Crippen MR) is 104 cm³/mol. The molecule has 6 nitrogen and oxygen atoms in total. The molecule has 1 fully saturated rings. The molecule has 1 saturated carbocycles. The molecule has 6 heteroatoms. The molecule has 0 bridgehead atoms. The van der Waals surface area contributed by atoms with E-state index in [1.165, 1.54) is 19.3 Å². The van der Waals surface area contributed by atoms with Gasteiger partial charge < -0.3 is 15.1 Å². The van der Waals surface area contributed by atoms with Crippen LogP contribution in [0.4, 0.5) is 5.69 Å². The molecule has 0 spiro atoms. The minimum absolute atomic E-state index is 0.0591. The van der Waals surface area contributed by atoms with E-state index in [2.05, 4.69) is 15.5 Å². The number of carbonyl (C=O) groups excluding carboxylic acids is 2. The second-order valence-electron chi connectivity index (χ2n) is 7.10. The van der Waals surface area contributed by atoms with Gasteiger partial charge >= 0.3 is 0 Å². The van der Waals surface area contributed by atoms with E-state index in [1.807, 2.05) is 7.05 Å². The van der Waals surface area contributed by atoms with Gasteiger partial charge in [0.25, 0.3) is 5.91 Å². The number of likely N-dealkylation sites (N-methyl/N-ethyl adjacent to an activating group) is 1. The van der Waals surface area contributed by atoms with E-state index in [1.54, 1.807) is 42.7 Å². The third kappa shape index (κ3) is 5.69. The van der Waals surface area contributed by atoms with Gasteiger partial charge in [0.05, 0.1) is 19.4 Å². The molecule has 144 valence electrons. The Balaban J connectivity index is 1.51. The van der Waals surface area contributed by atoms with Crippen LogP contribution in [0.15, 0.2) is 47.1 Å². The lowest BCUT2D eigenvalue weighted by Crippen LogP contribution is -2.39. The van der Waals surface area contributed by atoms with Crippen molar-refractivity contribution in [2.75, 3.05) is 18.9 Å². The fourth-order valence-electron chi connectivity index (χ4n) is 3.50. The van der Waals surface area contributed by atoms with Gasteiger partial charge in [-0.15, -0.1) is 0 Å². The molecule has 1 aromatic heterocycles. The van der Waals surface area contributed by atoms with Crippen molar-refractivity contribution in [3.05, 3.63) is 54.0 Å². The van der Waals surface area contributed by atoms with Gasteiger partial charge in [0, 0.05) is 17.3 Å². The Morgan fingerprint density at radius 1 is 1.15 bits per heavy atom. The number of furan rings is 1. The van der Waals surface area contributed by atoms with Crippen LogP contribution in [0.3, 0.4) is 0 Å². The number of nitrogens with one attached hydrogen (secondary N) is 2. The second-order valence-corrected chi connectivity index (χ2v) is 7.10. The van der Waals surface area contributed by atoms with Crippen LogP contribution in [-0.4, -0.2) is 36.3 Å². The molecule has 0 unspecified atom stereocenters. The Kier molecular flexibility index (Phi) is 6.65. The largest absolute Gasteiger partial charge is 0.467 e. The fourth-order valence-corrected chi connectivity index (χ4v) is 3.50. The summed E-state index contributed by atoms with van der Waals surface area (Å²) in [6, 6.07) is 11.0. The first-order chi connectivity index (χ1) is 13.1. The van der Waals surface area contributed by atoms with E-state index in [4.69, 9.17) is 4.42 Å². The van der Waals surface area contributed by atoms with Crippen molar-refractivity contribution < 1.29 is 14.0 Å². The summed E-state index contributed by atoms with van der Waals surface area (Å²) in [4.78, 5) is 26.8. The maximum Gasteiger partial charge on any atom is 0.251 e. The van der Waals surface area contributed by atoms with Crippen LogP contribution in [0.2, 0.25) is 0 Å². The highest BCUT2D eigenvalue weighted by Crippen LogP contribution is 2.21. The third-order valence-electron chi connectivity index (χ3n) is 5.00. The van der Waals surface area contributed by atoms with Gasteiger partial charge in [-0.3, -0.25) is 14.5 Å². The number of rotatable bonds is 7. The van der Waals surface area contributed by atoms with Gasteiger partial charge in [-0.1, -0.05) is 25.3 Å². The van der Waals surface area contributed by atoms with Gasteiger partial charge in [-0.2, -0.15) is 0 Å². The lowest BCUT2D eigenvalue weighted by atomic mass is 9.94. The first-order valence-corrected chi connectivity index (χ1v) is 9.52. The monoisotopic (exact) mass is 369 g/mol. The van der Waals surface area contributed by atoms with Crippen LogP contribution in [0.1, 0.15) is 48.2 Å². The number of nitrogens with zero attached hydrogens (tertiary/aromatic N) is 1. The van der Waals surface area contributed by atoms with Gasteiger partial charge in [-0.05, 0) is 50.2 Å². The number of anilines is 1. The van der Waals surface area contributed by atoms with Crippen molar-refractivity contribution in [2.24, 2.45) is 0 Å². The molecule has 2 amide bonds. The Hall–Kier alpha value is -2.60. The second kappa shape index (κ2) is 9.37. The average molecular weight is 369 g/mol.